The summed E-state index contributed by atoms with van der Waals surface area (Å²) < 4.78 is 7.32. The van der Waals surface area contributed by atoms with Crippen molar-refractivity contribution >= 4 is 0 Å². The highest BCUT2D eigenvalue weighted by Crippen LogP contribution is 2.21. The van der Waals surface area contributed by atoms with Crippen molar-refractivity contribution in [3.8, 4) is 0 Å². The first-order valence-corrected chi connectivity index (χ1v) is 8.47. The standard InChI is InChI=1S/C17H27N5O2/c1-12-15(13(2)24-19-12)10-21-6-5-7-22-14(9-21)8-16(18-22)17(23)11-20(3)4/h8,17,23H,5-7,9-11H2,1-4H3. The topological polar surface area (TPSA) is 70.6 Å². The summed E-state index contributed by atoms with van der Waals surface area (Å²) in [6.45, 7) is 8.11. The van der Waals surface area contributed by atoms with E-state index in [0.29, 0.717) is 6.54 Å². The van der Waals surface area contributed by atoms with E-state index in [1.165, 1.54) is 5.56 Å². The summed E-state index contributed by atoms with van der Waals surface area (Å²) in [6.07, 6.45) is 0.497. The molecule has 1 aliphatic rings. The van der Waals surface area contributed by atoms with E-state index in [-0.39, 0.29) is 0 Å². The van der Waals surface area contributed by atoms with Gasteiger partial charge >= 0.3 is 0 Å². The molecule has 1 atom stereocenters. The Morgan fingerprint density at radius 3 is 2.79 bits per heavy atom. The molecule has 7 nitrogen and oxygen atoms in total. The second-order valence-electron chi connectivity index (χ2n) is 6.93. The molecular formula is C17H27N5O2. The van der Waals surface area contributed by atoms with Crippen LogP contribution < -0.4 is 0 Å². The number of rotatable bonds is 5. The van der Waals surface area contributed by atoms with Crippen molar-refractivity contribution in [2.24, 2.45) is 0 Å². The van der Waals surface area contributed by atoms with Gasteiger partial charge in [-0.3, -0.25) is 9.58 Å². The van der Waals surface area contributed by atoms with Gasteiger partial charge in [-0.1, -0.05) is 5.16 Å². The Labute approximate surface area is 142 Å². The molecule has 0 bridgehead atoms. The minimum absolute atomic E-state index is 0.546. The van der Waals surface area contributed by atoms with E-state index >= 15 is 0 Å². The number of fused-ring (bicyclic) bond motifs is 1. The summed E-state index contributed by atoms with van der Waals surface area (Å²) in [6, 6.07) is 2.04. The van der Waals surface area contributed by atoms with Gasteiger partial charge in [0, 0.05) is 38.3 Å². The second-order valence-corrected chi connectivity index (χ2v) is 6.93. The fourth-order valence-electron chi connectivity index (χ4n) is 3.24. The molecule has 0 spiro atoms. The van der Waals surface area contributed by atoms with Crippen molar-refractivity contribution in [2.45, 2.75) is 46.0 Å². The molecule has 0 aromatic carbocycles. The molecule has 0 aliphatic carbocycles. The number of aryl methyl sites for hydroxylation is 3. The summed E-state index contributed by atoms with van der Waals surface area (Å²) in [5.74, 6) is 0.896. The van der Waals surface area contributed by atoms with Crippen LogP contribution in [0.15, 0.2) is 10.6 Å². The van der Waals surface area contributed by atoms with Gasteiger partial charge < -0.3 is 14.5 Å². The minimum Gasteiger partial charge on any atom is -0.385 e. The van der Waals surface area contributed by atoms with Gasteiger partial charge in [-0.05, 0) is 40.4 Å². The van der Waals surface area contributed by atoms with E-state index in [0.717, 1.165) is 55.4 Å². The molecule has 7 heteroatoms. The maximum Gasteiger partial charge on any atom is 0.138 e. The molecule has 3 rings (SSSR count). The first kappa shape index (κ1) is 17.1. The number of aliphatic hydroxyl groups is 1. The highest BCUT2D eigenvalue weighted by atomic mass is 16.5. The molecule has 2 aromatic heterocycles. The molecule has 0 radical (unpaired) electrons. The van der Waals surface area contributed by atoms with Gasteiger partial charge in [-0.25, -0.2) is 0 Å². The van der Waals surface area contributed by atoms with Crippen LogP contribution in [0, 0.1) is 13.8 Å². The van der Waals surface area contributed by atoms with Gasteiger partial charge in [-0.2, -0.15) is 5.10 Å². The average Bonchev–Trinajstić information content (AvgIpc) is 2.99. The van der Waals surface area contributed by atoms with E-state index in [1.807, 2.05) is 43.6 Å². The van der Waals surface area contributed by atoms with Crippen molar-refractivity contribution in [3.63, 3.8) is 0 Å². The number of nitrogens with zero attached hydrogens (tertiary/aromatic N) is 5. The monoisotopic (exact) mass is 333 g/mol. The summed E-state index contributed by atoms with van der Waals surface area (Å²) in [7, 11) is 3.91. The van der Waals surface area contributed by atoms with Gasteiger partial charge in [0.2, 0.25) is 0 Å². The quantitative estimate of drug-likeness (QED) is 0.894. The van der Waals surface area contributed by atoms with Crippen LogP contribution in [-0.4, -0.2) is 57.0 Å². The zero-order valence-corrected chi connectivity index (χ0v) is 15.0. The Bertz CT molecular complexity index is 672. The van der Waals surface area contributed by atoms with E-state index in [2.05, 4.69) is 15.2 Å². The summed E-state index contributed by atoms with van der Waals surface area (Å²) in [4.78, 5) is 4.37. The number of likely N-dealkylation sites (N-methyl/N-ethyl adjacent to an activating group) is 1. The Morgan fingerprint density at radius 2 is 2.12 bits per heavy atom. The highest BCUT2D eigenvalue weighted by Gasteiger charge is 2.21. The SMILES string of the molecule is Cc1noc(C)c1CN1CCCn2nc(C(O)CN(C)C)cc2C1. The first-order valence-electron chi connectivity index (χ1n) is 8.47. The van der Waals surface area contributed by atoms with Crippen LogP contribution >= 0.6 is 0 Å². The summed E-state index contributed by atoms with van der Waals surface area (Å²) >= 11 is 0. The Kier molecular flexibility index (Phi) is 5.03. The van der Waals surface area contributed by atoms with Gasteiger partial charge in [0.15, 0.2) is 0 Å². The second kappa shape index (κ2) is 7.04. The van der Waals surface area contributed by atoms with Gasteiger partial charge in [0.1, 0.15) is 11.9 Å². The van der Waals surface area contributed by atoms with Gasteiger partial charge in [0.25, 0.3) is 0 Å². The summed E-state index contributed by atoms with van der Waals surface area (Å²) in [5, 5.41) is 19.0. The highest BCUT2D eigenvalue weighted by molar-refractivity contribution is 5.21. The molecule has 0 fully saturated rings. The van der Waals surface area contributed by atoms with Crippen LogP contribution in [0.5, 0.6) is 0 Å². The zero-order valence-electron chi connectivity index (χ0n) is 15.0. The van der Waals surface area contributed by atoms with Crippen molar-refractivity contribution in [1.82, 2.24) is 24.7 Å². The normalized spacial score (nSPS) is 17.1. The predicted molar refractivity (Wildman–Crippen MR) is 90.4 cm³/mol. The Hall–Kier alpha value is -1.70. The van der Waals surface area contributed by atoms with Crippen LogP contribution in [0.4, 0.5) is 0 Å². The van der Waals surface area contributed by atoms with E-state index in [1.54, 1.807) is 0 Å². The van der Waals surface area contributed by atoms with Crippen LogP contribution in [0.2, 0.25) is 0 Å². The fraction of sp³-hybridized carbons (Fsp3) is 0.647. The Morgan fingerprint density at radius 1 is 1.33 bits per heavy atom. The number of hydrogen-bond donors (Lipinski definition) is 1. The smallest absolute Gasteiger partial charge is 0.138 e. The molecule has 3 heterocycles. The predicted octanol–water partition coefficient (Wildman–Crippen LogP) is 1.49. The summed E-state index contributed by atoms with van der Waals surface area (Å²) in [5.41, 5.74) is 4.06. The third-order valence-electron chi connectivity index (χ3n) is 4.55. The molecular weight excluding hydrogens is 306 g/mol. The lowest BCUT2D eigenvalue weighted by Gasteiger charge is -2.19. The maximum absolute atomic E-state index is 10.3. The largest absolute Gasteiger partial charge is 0.385 e. The third-order valence-corrected chi connectivity index (χ3v) is 4.55. The molecule has 2 aromatic rings. The van der Waals surface area contributed by atoms with Crippen molar-refractivity contribution in [1.29, 1.82) is 0 Å². The molecule has 0 saturated carbocycles. The molecule has 1 aliphatic heterocycles. The average molecular weight is 333 g/mol. The van der Waals surface area contributed by atoms with Crippen LogP contribution in [-0.2, 0) is 19.6 Å². The third kappa shape index (κ3) is 3.68. The lowest BCUT2D eigenvalue weighted by Crippen LogP contribution is -2.23. The van der Waals surface area contributed by atoms with Crippen LogP contribution in [0.1, 0.15) is 40.9 Å². The molecule has 1 N–H and O–H groups in total. The molecule has 24 heavy (non-hydrogen) atoms. The number of aromatic nitrogens is 3. The number of hydrogen-bond acceptors (Lipinski definition) is 6. The number of aliphatic hydroxyl groups excluding tert-OH is 1. The van der Waals surface area contributed by atoms with E-state index in [9.17, 15) is 5.11 Å². The fourth-order valence-corrected chi connectivity index (χ4v) is 3.24. The van der Waals surface area contributed by atoms with Gasteiger partial charge in [-0.15, -0.1) is 0 Å². The van der Waals surface area contributed by atoms with Crippen molar-refractivity contribution < 1.29 is 9.63 Å². The Balaban J connectivity index is 1.74. The van der Waals surface area contributed by atoms with Crippen LogP contribution in [0.3, 0.4) is 0 Å². The molecule has 132 valence electrons. The zero-order chi connectivity index (χ0) is 17.3. The molecule has 0 amide bonds. The van der Waals surface area contributed by atoms with Crippen molar-refractivity contribution in [3.05, 3.63) is 34.5 Å². The lowest BCUT2D eigenvalue weighted by molar-refractivity contribution is 0.133. The lowest BCUT2D eigenvalue weighted by atomic mass is 10.2. The van der Waals surface area contributed by atoms with E-state index < -0.39 is 6.10 Å². The minimum atomic E-state index is -0.546. The first-order chi connectivity index (χ1) is 11.4. The van der Waals surface area contributed by atoms with Gasteiger partial charge in [0.05, 0.1) is 17.1 Å². The molecule has 1 unspecified atom stereocenters. The molecule has 0 saturated heterocycles. The maximum atomic E-state index is 10.3. The van der Waals surface area contributed by atoms with E-state index in [4.69, 9.17) is 4.52 Å². The van der Waals surface area contributed by atoms with Crippen LogP contribution in [0.25, 0.3) is 0 Å². The van der Waals surface area contributed by atoms with Crippen molar-refractivity contribution in [2.75, 3.05) is 27.2 Å².